The van der Waals surface area contributed by atoms with E-state index in [9.17, 15) is 8.78 Å². The maximum Gasteiger partial charge on any atom is 0.260 e. The molecule has 2 rings (SSSR count). The first-order valence-corrected chi connectivity index (χ1v) is 6.11. The van der Waals surface area contributed by atoms with Gasteiger partial charge in [0.1, 0.15) is 11.9 Å². The normalized spacial score (nSPS) is 20.1. The number of aromatic nitrogens is 2. The molecule has 0 aromatic carbocycles. The molecule has 1 aliphatic heterocycles. The van der Waals surface area contributed by atoms with Crippen molar-refractivity contribution in [3.8, 4) is 0 Å². The highest BCUT2D eigenvalue weighted by Crippen LogP contribution is 2.37. The molecule has 3 nitrogen and oxygen atoms in total. The number of halogens is 3. The Hall–Kier alpha value is -0.650. The van der Waals surface area contributed by atoms with E-state index in [1.54, 1.807) is 0 Å². The van der Waals surface area contributed by atoms with Crippen LogP contribution in [0.1, 0.15) is 37.9 Å². The van der Waals surface area contributed by atoms with Crippen molar-refractivity contribution in [2.75, 3.05) is 11.9 Å². The maximum absolute atomic E-state index is 12.8. The van der Waals surface area contributed by atoms with Crippen molar-refractivity contribution in [3.63, 3.8) is 0 Å². The molecule has 0 saturated carbocycles. The summed E-state index contributed by atoms with van der Waals surface area (Å²) in [6.45, 7) is 4.56. The third-order valence-corrected chi connectivity index (χ3v) is 3.54. The van der Waals surface area contributed by atoms with Gasteiger partial charge in [0.25, 0.3) is 6.43 Å². The van der Waals surface area contributed by atoms with Crippen LogP contribution in [0.25, 0.3) is 0 Å². The van der Waals surface area contributed by atoms with Gasteiger partial charge < -0.3 is 5.32 Å². The number of fused-ring (bicyclic) bond motifs is 1. The largest absolute Gasteiger partial charge is 0.369 e. The van der Waals surface area contributed by atoms with Gasteiger partial charge in [0.05, 0.1) is 10.2 Å². The lowest BCUT2D eigenvalue weighted by Crippen LogP contribution is -2.28. The van der Waals surface area contributed by atoms with Gasteiger partial charge in [-0.3, -0.25) is 0 Å². The van der Waals surface area contributed by atoms with Gasteiger partial charge in [-0.1, -0.05) is 13.8 Å². The zero-order valence-electron chi connectivity index (χ0n) is 9.17. The molecule has 0 saturated heterocycles. The summed E-state index contributed by atoms with van der Waals surface area (Å²) >= 11 is 3.42. The molecule has 0 amide bonds. The highest BCUT2D eigenvalue weighted by Gasteiger charge is 2.31. The molecule has 0 aliphatic carbocycles. The Morgan fingerprint density at radius 3 is 2.75 bits per heavy atom. The summed E-state index contributed by atoms with van der Waals surface area (Å²) in [6.07, 6.45) is -1.95. The first kappa shape index (κ1) is 11.8. The maximum atomic E-state index is 12.8. The van der Waals surface area contributed by atoms with Gasteiger partial charge >= 0.3 is 0 Å². The Balaban J connectivity index is 2.46. The Morgan fingerprint density at radius 2 is 2.19 bits per heavy atom. The number of nitrogens with one attached hydrogen (secondary N) is 1. The van der Waals surface area contributed by atoms with E-state index in [1.165, 1.54) is 4.68 Å². The zero-order valence-corrected chi connectivity index (χ0v) is 10.8. The Labute approximate surface area is 101 Å². The summed E-state index contributed by atoms with van der Waals surface area (Å²) in [6, 6.07) is -0.806. The van der Waals surface area contributed by atoms with Crippen LogP contribution in [0.4, 0.5) is 14.6 Å². The predicted molar refractivity (Wildman–Crippen MR) is 62.2 cm³/mol. The summed E-state index contributed by atoms with van der Waals surface area (Å²) < 4.78 is 27.9. The van der Waals surface area contributed by atoms with Gasteiger partial charge in [-0.05, 0) is 28.3 Å². The molecule has 2 heterocycles. The van der Waals surface area contributed by atoms with Crippen molar-refractivity contribution in [1.29, 1.82) is 0 Å². The molecule has 0 fully saturated rings. The van der Waals surface area contributed by atoms with Crippen LogP contribution in [0, 0.1) is 0 Å². The molecular formula is C10H14BrF2N3. The van der Waals surface area contributed by atoms with Crippen LogP contribution in [0.5, 0.6) is 0 Å². The standard InChI is InChI=1S/C10H14BrF2N3/c1-5(2)8-7(11)10-14-4-3-6(9(12)13)16(10)15-8/h5-6,9,14H,3-4H2,1-2H3. The number of anilines is 1. The van der Waals surface area contributed by atoms with Crippen molar-refractivity contribution >= 4 is 21.7 Å². The number of hydrogen-bond acceptors (Lipinski definition) is 2. The fourth-order valence-corrected chi connectivity index (χ4v) is 2.75. The average Bonchev–Trinajstić information content (AvgIpc) is 2.56. The smallest absolute Gasteiger partial charge is 0.260 e. The predicted octanol–water partition coefficient (Wildman–Crippen LogP) is 3.39. The van der Waals surface area contributed by atoms with E-state index in [0.29, 0.717) is 18.8 Å². The number of alkyl halides is 2. The van der Waals surface area contributed by atoms with Crippen molar-refractivity contribution in [2.24, 2.45) is 0 Å². The minimum atomic E-state index is -2.37. The molecule has 0 bridgehead atoms. The second kappa shape index (κ2) is 4.31. The number of nitrogens with zero attached hydrogens (tertiary/aromatic N) is 2. The molecular weight excluding hydrogens is 280 g/mol. The Bertz CT molecular complexity index is 390. The summed E-state index contributed by atoms with van der Waals surface area (Å²) in [7, 11) is 0. The van der Waals surface area contributed by atoms with Crippen molar-refractivity contribution in [3.05, 3.63) is 10.2 Å². The molecule has 1 atom stereocenters. The summed E-state index contributed by atoms with van der Waals surface area (Å²) in [5.74, 6) is 0.896. The molecule has 0 radical (unpaired) electrons. The van der Waals surface area contributed by atoms with Gasteiger partial charge in [0, 0.05) is 6.54 Å². The Morgan fingerprint density at radius 1 is 1.50 bits per heavy atom. The minimum absolute atomic E-state index is 0.215. The molecule has 1 aromatic heterocycles. The van der Waals surface area contributed by atoms with Gasteiger partial charge in [-0.15, -0.1) is 0 Å². The summed E-state index contributed by atoms with van der Waals surface area (Å²) in [5.41, 5.74) is 0.829. The minimum Gasteiger partial charge on any atom is -0.369 e. The van der Waals surface area contributed by atoms with Crippen LogP contribution in [-0.2, 0) is 0 Å². The molecule has 90 valence electrons. The lowest BCUT2D eigenvalue weighted by Gasteiger charge is -2.24. The van der Waals surface area contributed by atoms with Crippen molar-refractivity contribution < 1.29 is 8.78 Å². The fraction of sp³-hybridized carbons (Fsp3) is 0.700. The lowest BCUT2D eigenvalue weighted by molar-refractivity contribution is 0.0712. The van der Waals surface area contributed by atoms with Gasteiger partial charge in [-0.25, -0.2) is 13.5 Å². The second-order valence-electron chi connectivity index (χ2n) is 4.26. The third-order valence-electron chi connectivity index (χ3n) is 2.76. The van der Waals surface area contributed by atoms with Gasteiger partial charge in [0.2, 0.25) is 0 Å². The van der Waals surface area contributed by atoms with Crippen molar-refractivity contribution in [1.82, 2.24) is 9.78 Å². The molecule has 1 aliphatic rings. The monoisotopic (exact) mass is 293 g/mol. The third kappa shape index (κ3) is 1.83. The van der Waals surface area contributed by atoms with E-state index >= 15 is 0 Å². The molecule has 1 N–H and O–H groups in total. The van der Waals surface area contributed by atoms with E-state index in [-0.39, 0.29) is 5.92 Å². The zero-order chi connectivity index (χ0) is 11.9. The SMILES string of the molecule is CC(C)c1nn2c(c1Br)NCCC2C(F)F. The van der Waals surface area contributed by atoms with Crippen LogP contribution in [0.15, 0.2) is 4.47 Å². The molecule has 16 heavy (non-hydrogen) atoms. The number of hydrogen-bond donors (Lipinski definition) is 1. The topological polar surface area (TPSA) is 29.9 Å². The van der Waals surface area contributed by atoms with Crippen molar-refractivity contribution in [2.45, 2.75) is 38.7 Å². The van der Waals surface area contributed by atoms with Gasteiger partial charge in [0.15, 0.2) is 0 Å². The average molecular weight is 294 g/mol. The van der Waals surface area contributed by atoms with E-state index < -0.39 is 12.5 Å². The lowest BCUT2D eigenvalue weighted by atomic mass is 10.1. The summed E-state index contributed by atoms with van der Waals surface area (Å²) in [4.78, 5) is 0. The van der Waals surface area contributed by atoms with E-state index in [0.717, 1.165) is 10.2 Å². The fourth-order valence-electron chi connectivity index (χ4n) is 1.89. The van der Waals surface area contributed by atoms with Crippen LogP contribution in [-0.4, -0.2) is 22.8 Å². The highest BCUT2D eigenvalue weighted by atomic mass is 79.9. The van der Waals surface area contributed by atoms with E-state index in [4.69, 9.17) is 0 Å². The van der Waals surface area contributed by atoms with Crippen LogP contribution >= 0.6 is 15.9 Å². The first-order chi connectivity index (χ1) is 7.52. The number of rotatable bonds is 2. The highest BCUT2D eigenvalue weighted by molar-refractivity contribution is 9.10. The van der Waals surface area contributed by atoms with E-state index in [2.05, 4.69) is 26.3 Å². The first-order valence-electron chi connectivity index (χ1n) is 5.32. The van der Waals surface area contributed by atoms with Crippen LogP contribution in [0.2, 0.25) is 0 Å². The van der Waals surface area contributed by atoms with Crippen LogP contribution in [0.3, 0.4) is 0 Å². The Kier molecular flexibility index (Phi) is 3.19. The van der Waals surface area contributed by atoms with Crippen LogP contribution < -0.4 is 5.32 Å². The molecule has 6 heteroatoms. The molecule has 0 spiro atoms. The van der Waals surface area contributed by atoms with E-state index in [1.807, 2.05) is 13.8 Å². The summed E-state index contributed by atoms with van der Waals surface area (Å²) in [5, 5.41) is 7.39. The second-order valence-corrected chi connectivity index (χ2v) is 5.06. The van der Waals surface area contributed by atoms with Gasteiger partial charge in [-0.2, -0.15) is 5.10 Å². The molecule has 1 unspecified atom stereocenters. The quantitative estimate of drug-likeness (QED) is 0.906. The molecule has 1 aromatic rings.